The lowest BCUT2D eigenvalue weighted by molar-refractivity contribution is 0.303. The summed E-state index contributed by atoms with van der Waals surface area (Å²) in [5, 5.41) is 9.46. The fraction of sp³-hybridized carbons (Fsp3) is 0.143. The molecule has 0 radical (unpaired) electrons. The first-order valence-electron chi connectivity index (χ1n) is 5.55. The average molecular weight is 321 g/mol. The summed E-state index contributed by atoms with van der Waals surface area (Å²) in [5.41, 5.74) is 1.79. The van der Waals surface area contributed by atoms with Crippen LogP contribution in [0.15, 0.2) is 36.5 Å². The standard InChI is InChI=1S/C14H10BrFN2O/c15-7-10-4-12(16)6-13(5-10)19-9-11-2-1-3-18-14(11)8-17/h1-6H,7,9H2. The van der Waals surface area contributed by atoms with Gasteiger partial charge in [-0.05, 0) is 23.8 Å². The molecule has 5 heteroatoms. The molecule has 2 aromatic rings. The summed E-state index contributed by atoms with van der Waals surface area (Å²) in [6.07, 6.45) is 1.55. The molecule has 0 aliphatic carbocycles. The quantitative estimate of drug-likeness (QED) is 0.809. The van der Waals surface area contributed by atoms with E-state index in [1.807, 2.05) is 6.07 Å². The van der Waals surface area contributed by atoms with Crippen molar-refractivity contribution in [3.63, 3.8) is 0 Å². The third kappa shape index (κ3) is 3.52. The first-order valence-corrected chi connectivity index (χ1v) is 6.67. The summed E-state index contributed by atoms with van der Waals surface area (Å²) in [4.78, 5) is 3.94. The van der Waals surface area contributed by atoms with Crippen LogP contribution in [-0.2, 0) is 11.9 Å². The smallest absolute Gasteiger partial charge is 0.147 e. The van der Waals surface area contributed by atoms with E-state index >= 15 is 0 Å². The molecule has 0 N–H and O–H groups in total. The molecule has 0 unspecified atom stereocenters. The fourth-order valence-corrected chi connectivity index (χ4v) is 1.92. The van der Waals surface area contributed by atoms with Crippen LogP contribution in [0.1, 0.15) is 16.8 Å². The second-order valence-electron chi connectivity index (χ2n) is 3.84. The second kappa shape index (κ2) is 6.30. The van der Waals surface area contributed by atoms with Crippen molar-refractivity contribution in [1.82, 2.24) is 4.98 Å². The van der Waals surface area contributed by atoms with Gasteiger partial charge in [-0.15, -0.1) is 0 Å². The molecule has 0 amide bonds. The number of aromatic nitrogens is 1. The Bertz CT molecular complexity index is 625. The Kier molecular flexibility index (Phi) is 4.48. The number of benzene rings is 1. The van der Waals surface area contributed by atoms with E-state index in [2.05, 4.69) is 20.9 Å². The van der Waals surface area contributed by atoms with Crippen molar-refractivity contribution < 1.29 is 9.13 Å². The van der Waals surface area contributed by atoms with Crippen molar-refractivity contribution in [1.29, 1.82) is 5.26 Å². The molecule has 1 heterocycles. The predicted octanol–water partition coefficient (Wildman–Crippen LogP) is 3.57. The van der Waals surface area contributed by atoms with Gasteiger partial charge in [0.2, 0.25) is 0 Å². The molecule has 0 saturated carbocycles. The van der Waals surface area contributed by atoms with E-state index in [1.54, 1.807) is 24.4 Å². The second-order valence-corrected chi connectivity index (χ2v) is 4.40. The summed E-state index contributed by atoms with van der Waals surface area (Å²) in [6, 6.07) is 9.99. The number of alkyl halides is 1. The molecule has 3 nitrogen and oxygen atoms in total. The normalized spacial score (nSPS) is 9.95. The SMILES string of the molecule is N#Cc1ncccc1COc1cc(F)cc(CBr)c1. The number of hydrogen-bond donors (Lipinski definition) is 0. The topological polar surface area (TPSA) is 45.9 Å². The first-order chi connectivity index (χ1) is 9.22. The minimum absolute atomic E-state index is 0.182. The maximum Gasteiger partial charge on any atom is 0.147 e. The zero-order chi connectivity index (χ0) is 13.7. The Labute approximate surface area is 118 Å². The zero-order valence-corrected chi connectivity index (χ0v) is 11.5. The molecule has 0 spiro atoms. The summed E-state index contributed by atoms with van der Waals surface area (Å²) >= 11 is 3.27. The maximum absolute atomic E-state index is 13.3. The van der Waals surface area contributed by atoms with Crippen molar-refractivity contribution in [2.75, 3.05) is 0 Å². The highest BCUT2D eigenvalue weighted by Gasteiger charge is 2.05. The van der Waals surface area contributed by atoms with Crippen LogP contribution in [0.4, 0.5) is 4.39 Å². The maximum atomic E-state index is 13.3. The molecular formula is C14H10BrFN2O. The summed E-state index contributed by atoms with van der Waals surface area (Å²) in [7, 11) is 0. The van der Waals surface area contributed by atoms with Gasteiger partial charge in [-0.1, -0.05) is 22.0 Å². The van der Waals surface area contributed by atoms with Gasteiger partial charge in [0.1, 0.15) is 29.9 Å². The van der Waals surface area contributed by atoms with Crippen molar-refractivity contribution in [2.24, 2.45) is 0 Å². The molecule has 0 saturated heterocycles. The Morgan fingerprint density at radius 2 is 2.21 bits per heavy atom. The van der Waals surface area contributed by atoms with Gasteiger partial charge >= 0.3 is 0 Å². The highest BCUT2D eigenvalue weighted by molar-refractivity contribution is 9.08. The molecule has 19 heavy (non-hydrogen) atoms. The van der Waals surface area contributed by atoms with Crippen molar-refractivity contribution in [2.45, 2.75) is 11.9 Å². The van der Waals surface area contributed by atoms with Gasteiger partial charge in [0.05, 0.1) is 0 Å². The van der Waals surface area contributed by atoms with Crippen LogP contribution in [0, 0.1) is 17.1 Å². The van der Waals surface area contributed by atoms with E-state index in [4.69, 9.17) is 10.00 Å². The molecule has 0 fully saturated rings. The molecule has 0 atom stereocenters. The summed E-state index contributed by atoms with van der Waals surface area (Å²) in [5.74, 6) is 0.0841. The van der Waals surface area contributed by atoms with Crippen molar-refractivity contribution in [3.05, 3.63) is 59.2 Å². The molecular weight excluding hydrogens is 311 g/mol. The summed E-state index contributed by atoms with van der Waals surface area (Å²) in [6.45, 7) is 0.182. The van der Waals surface area contributed by atoms with Crippen LogP contribution >= 0.6 is 15.9 Å². The van der Waals surface area contributed by atoms with Crippen LogP contribution < -0.4 is 4.74 Å². The lowest BCUT2D eigenvalue weighted by atomic mass is 10.2. The molecule has 1 aromatic carbocycles. The van der Waals surface area contributed by atoms with Gasteiger partial charge in [-0.3, -0.25) is 0 Å². The minimum Gasteiger partial charge on any atom is -0.489 e. The molecule has 0 aliphatic heterocycles. The molecule has 96 valence electrons. The van der Waals surface area contributed by atoms with Crippen molar-refractivity contribution in [3.8, 4) is 11.8 Å². The lowest BCUT2D eigenvalue weighted by Crippen LogP contribution is -2.00. The van der Waals surface area contributed by atoms with Gasteiger partial charge in [-0.25, -0.2) is 9.37 Å². The number of rotatable bonds is 4. The van der Waals surface area contributed by atoms with E-state index in [1.165, 1.54) is 12.1 Å². The predicted molar refractivity (Wildman–Crippen MR) is 72.3 cm³/mol. The van der Waals surface area contributed by atoms with Crippen LogP contribution in [0.2, 0.25) is 0 Å². The number of halogens is 2. The average Bonchev–Trinajstić information content (AvgIpc) is 2.44. The van der Waals surface area contributed by atoms with E-state index in [0.717, 1.165) is 5.56 Å². The third-order valence-corrected chi connectivity index (χ3v) is 3.12. The zero-order valence-electron chi connectivity index (χ0n) is 9.94. The van der Waals surface area contributed by atoms with Crippen LogP contribution in [0.3, 0.4) is 0 Å². The van der Waals surface area contributed by atoms with E-state index in [-0.39, 0.29) is 12.4 Å². The Hall–Kier alpha value is -1.93. The largest absolute Gasteiger partial charge is 0.489 e. The van der Waals surface area contributed by atoms with E-state index in [9.17, 15) is 4.39 Å². The van der Waals surface area contributed by atoms with Gasteiger partial charge in [0, 0.05) is 23.2 Å². The third-order valence-electron chi connectivity index (χ3n) is 2.48. The van der Waals surface area contributed by atoms with Gasteiger partial charge in [-0.2, -0.15) is 5.26 Å². The number of hydrogen-bond acceptors (Lipinski definition) is 3. The lowest BCUT2D eigenvalue weighted by Gasteiger charge is -2.08. The molecule has 0 aliphatic rings. The monoisotopic (exact) mass is 320 g/mol. The number of nitriles is 1. The van der Waals surface area contributed by atoms with Crippen LogP contribution in [0.25, 0.3) is 0 Å². The Morgan fingerprint density at radius 1 is 1.37 bits per heavy atom. The molecule has 2 rings (SSSR count). The molecule has 0 bridgehead atoms. The number of pyridine rings is 1. The number of nitrogens with zero attached hydrogens (tertiary/aromatic N) is 2. The molecule has 1 aromatic heterocycles. The van der Waals surface area contributed by atoms with Gasteiger partial charge in [0.15, 0.2) is 0 Å². The Balaban J connectivity index is 2.15. The van der Waals surface area contributed by atoms with E-state index < -0.39 is 0 Å². The van der Waals surface area contributed by atoms with Gasteiger partial charge < -0.3 is 4.74 Å². The highest BCUT2D eigenvalue weighted by atomic mass is 79.9. The summed E-state index contributed by atoms with van der Waals surface area (Å²) < 4.78 is 18.8. The highest BCUT2D eigenvalue weighted by Crippen LogP contribution is 2.19. The van der Waals surface area contributed by atoms with Gasteiger partial charge in [0.25, 0.3) is 0 Å². The van der Waals surface area contributed by atoms with Crippen LogP contribution in [0.5, 0.6) is 5.75 Å². The first kappa shape index (κ1) is 13.5. The minimum atomic E-state index is -0.348. The Morgan fingerprint density at radius 3 is 2.95 bits per heavy atom. The fourth-order valence-electron chi connectivity index (χ4n) is 1.60. The number of ether oxygens (including phenoxy) is 1. The van der Waals surface area contributed by atoms with Crippen LogP contribution in [-0.4, -0.2) is 4.98 Å². The van der Waals surface area contributed by atoms with Crippen molar-refractivity contribution >= 4 is 15.9 Å². The van der Waals surface area contributed by atoms with E-state index in [0.29, 0.717) is 22.3 Å².